The lowest BCUT2D eigenvalue weighted by molar-refractivity contribution is -0.130. The molecule has 1 amide bonds. The molecule has 1 aliphatic heterocycles. The highest BCUT2D eigenvalue weighted by Gasteiger charge is 2.28. The molecule has 0 unspecified atom stereocenters. The SMILES string of the molecule is CCNC(=NCCS(=O)(=O)C(C)(C)C)NC1CCN(CC(=O)N(C)C)CC1.I. The number of carbonyl (C=O) groups excluding carboxylic acids is 1. The van der Waals surface area contributed by atoms with Crippen molar-refractivity contribution >= 4 is 45.7 Å². The second-order valence-corrected chi connectivity index (χ2v) is 11.0. The van der Waals surface area contributed by atoms with Crippen LogP contribution in [0.2, 0.25) is 0 Å². The van der Waals surface area contributed by atoms with Crippen LogP contribution in [-0.2, 0) is 14.6 Å². The summed E-state index contributed by atoms with van der Waals surface area (Å²) in [6.07, 6.45) is 1.84. The number of aliphatic imine (C=N–C) groups is 1. The zero-order valence-corrected chi connectivity index (χ0v) is 21.3. The summed E-state index contributed by atoms with van der Waals surface area (Å²) in [5.41, 5.74) is 0. The number of likely N-dealkylation sites (N-methyl/N-ethyl adjacent to an activating group) is 1. The molecule has 0 radical (unpaired) electrons. The summed E-state index contributed by atoms with van der Waals surface area (Å²) < 4.78 is 23.7. The smallest absolute Gasteiger partial charge is 0.236 e. The van der Waals surface area contributed by atoms with E-state index >= 15 is 0 Å². The summed E-state index contributed by atoms with van der Waals surface area (Å²) in [6, 6.07) is 0.271. The number of piperidine rings is 1. The lowest BCUT2D eigenvalue weighted by Gasteiger charge is -2.33. The van der Waals surface area contributed by atoms with Crippen LogP contribution in [0.1, 0.15) is 40.5 Å². The van der Waals surface area contributed by atoms with Gasteiger partial charge in [0.2, 0.25) is 5.91 Å². The summed E-state index contributed by atoms with van der Waals surface area (Å²) in [5.74, 6) is 0.818. The van der Waals surface area contributed by atoms with Gasteiger partial charge in [-0.25, -0.2) is 8.42 Å². The first-order chi connectivity index (χ1) is 12.5. The second kappa shape index (κ2) is 12.2. The van der Waals surface area contributed by atoms with E-state index in [0.717, 1.165) is 25.9 Å². The standard InChI is InChI=1S/C18H37N5O3S.HI/c1-7-19-17(20-10-13-27(25,26)18(2,3)4)21-15-8-11-23(12-9-15)14-16(24)22(5)6;/h15H,7-14H2,1-6H3,(H2,19,20,21);1H. The molecule has 0 aromatic heterocycles. The average Bonchev–Trinajstić information content (AvgIpc) is 2.55. The summed E-state index contributed by atoms with van der Waals surface area (Å²) in [4.78, 5) is 20.0. The molecular formula is C18H38IN5O3S. The zero-order valence-electron chi connectivity index (χ0n) is 18.1. The van der Waals surface area contributed by atoms with Crippen molar-refractivity contribution in [1.29, 1.82) is 0 Å². The molecule has 0 bridgehead atoms. The zero-order chi connectivity index (χ0) is 20.7. The first-order valence-electron chi connectivity index (χ1n) is 9.66. The molecule has 1 aliphatic rings. The van der Waals surface area contributed by atoms with Crippen molar-refractivity contribution < 1.29 is 13.2 Å². The highest BCUT2D eigenvalue weighted by atomic mass is 127. The van der Waals surface area contributed by atoms with Crippen LogP contribution in [0.15, 0.2) is 4.99 Å². The summed E-state index contributed by atoms with van der Waals surface area (Å²) >= 11 is 0. The molecule has 166 valence electrons. The number of rotatable bonds is 7. The van der Waals surface area contributed by atoms with Crippen LogP contribution in [0.25, 0.3) is 0 Å². The molecule has 1 rings (SSSR count). The number of hydrogen-bond acceptors (Lipinski definition) is 5. The number of likely N-dealkylation sites (tertiary alicyclic amines) is 1. The van der Waals surface area contributed by atoms with E-state index in [2.05, 4.69) is 20.5 Å². The number of nitrogens with zero attached hydrogens (tertiary/aromatic N) is 3. The minimum absolute atomic E-state index is 0. The first kappa shape index (κ1) is 27.4. The molecule has 8 nitrogen and oxygen atoms in total. The van der Waals surface area contributed by atoms with Gasteiger partial charge in [0, 0.05) is 39.8 Å². The molecule has 0 aromatic carbocycles. The Labute approximate surface area is 187 Å². The van der Waals surface area contributed by atoms with Crippen molar-refractivity contribution in [1.82, 2.24) is 20.4 Å². The predicted octanol–water partition coefficient (Wildman–Crippen LogP) is 0.925. The Kier molecular flexibility index (Phi) is 11.9. The predicted molar refractivity (Wildman–Crippen MR) is 126 cm³/mol. The highest BCUT2D eigenvalue weighted by Crippen LogP contribution is 2.15. The number of guanidine groups is 1. The van der Waals surface area contributed by atoms with Crippen molar-refractivity contribution in [3.8, 4) is 0 Å². The van der Waals surface area contributed by atoms with Crippen LogP contribution in [0.3, 0.4) is 0 Å². The first-order valence-corrected chi connectivity index (χ1v) is 11.3. The van der Waals surface area contributed by atoms with E-state index in [-0.39, 0.29) is 48.2 Å². The number of amides is 1. The Morgan fingerprint density at radius 3 is 2.25 bits per heavy atom. The maximum absolute atomic E-state index is 12.2. The Bertz CT molecular complexity index is 609. The van der Waals surface area contributed by atoms with Gasteiger partial charge in [-0.2, -0.15) is 0 Å². The van der Waals surface area contributed by atoms with Crippen molar-refractivity contribution in [2.45, 2.75) is 51.3 Å². The van der Waals surface area contributed by atoms with E-state index in [1.165, 1.54) is 0 Å². The van der Waals surface area contributed by atoms with Gasteiger partial charge >= 0.3 is 0 Å². The molecule has 0 aromatic rings. The van der Waals surface area contributed by atoms with E-state index in [1.54, 1.807) is 39.8 Å². The fourth-order valence-corrected chi connectivity index (χ4v) is 3.61. The lowest BCUT2D eigenvalue weighted by atomic mass is 10.1. The quantitative estimate of drug-likeness (QED) is 0.289. The average molecular weight is 532 g/mol. The summed E-state index contributed by atoms with van der Waals surface area (Å²) in [6.45, 7) is 10.2. The maximum Gasteiger partial charge on any atom is 0.236 e. The lowest BCUT2D eigenvalue weighted by Crippen LogP contribution is -2.50. The molecule has 10 heteroatoms. The summed E-state index contributed by atoms with van der Waals surface area (Å²) in [7, 11) is 0.374. The van der Waals surface area contributed by atoms with E-state index < -0.39 is 14.6 Å². The van der Waals surface area contributed by atoms with Gasteiger partial charge in [-0.1, -0.05) is 0 Å². The molecule has 0 spiro atoms. The molecular weight excluding hydrogens is 493 g/mol. The van der Waals surface area contributed by atoms with E-state index in [1.807, 2.05) is 6.92 Å². The third-order valence-electron chi connectivity index (χ3n) is 4.69. The van der Waals surface area contributed by atoms with Crippen LogP contribution < -0.4 is 10.6 Å². The van der Waals surface area contributed by atoms with Crippen LogP contribution >= 0.6 is 24.0 Å². The van der Waals surface area contributed by atoms with Gasteiger partial charge in [-0.3, -0.25) is 14.7 Å². The number of nitrogens with one attached hydrogen (secondary N) is 2. The third kappa shape index (κ3) is 9.25. The van der Waals surface area contributed by atoms with Gasteiger partial charge in [-0.05, 0) is 40.5 Å². The molecule has 0 saturated carbocycles. The largest absolute Gasteiger partial charge is 0.357 e. The minimum Gasteiger partial charge on any atom is -0.357 e. The molecule has 0 aliphatic carbocycles. The normalized spacial score (nSPS) is 17.0. The second-order valence-electron chi connectivity index (χ2n) is 8.17. The van der Waals surface area contributed by atoms with Crippen molar-refractivity contribution in [3.05, 3.63) is 0 Å². The van der Waals surface area contributed by atoms with Gasteiger partial charge < -0.3 is 15.5 Å². The van der Waals surface area contributed by atoms with Gasteiger partial charge in [0.25, 0.3) is 0 Å². The molecule has 2 N–H and O–H groups in total. The minimum atomic E-state index is -3.17. The van der Waals surface area contributed by atoms with Crippen molar-refractivity contribution in [3.63, 3.8) is 0 Å². The Morgan fingerprint density at radius 1 is 1.21 bits per heavy atom. The topological polar surface area (TPSA) is 94.1 Å². The highest BCUT2D eigenvalue weighted by molar-refractivity contribution is 14.0. The van der Waals surface area contributed by atoms with Gasteiger partial charge in [0.15, 0.2) is 15.8 Å². The molecule has 1 fully saturated rings. The van der Waals surface area contributed by atoms with E-state index in [9.17, 15) is 13.2 Å². The van der Waals surface area contributed by atoms with Gasteiger partial charge in [-0.15, -0.1) is 24.0 Å². The van der Waals surface area contributed by atoms with Crippen LogP contribution in [0, 0.1) is 0 Å². The van der Waals surface area contributed by atoms with Crippen molar-refractivity contribution in [2.75, 3.05) is 52.6 Å². The number of carbonyl (C=O) groups is 1. The third-order valence-corrected chi connectivity index (χ3v) is 7.28. The molecule has 0 atom stereocenters. The van der Waals surface area contributed by atoms with E-state index in [4.69, 9.17) is 0 Å². The number of sulfone groups is 1. The fraction of sp³-hybridized carbons (Fsp3) is 0.889. The summed E-state index contributed by atoms with van der Waals surface area (Å²) in [5, 5.41) is 6.58. The van der Waals surface area contributed by atoms with Crippen molar-refractivity contribution in [2.24, 2.45) is 4.99 Å². The Morgan fingerprint density at radius 2 is 1.79 bits per heavy atom. The monoisotopic (exact) mass is 531 g/mol. The fourth-order valence-electron chi connectivity index (χ4n) is 2.67. The van der Waals surface area contributed by atoms with Gasteiger partial charge in [0.1, 0.15) is 0 Å². The van der Waals surface area contributed by atoms with E-state index in [0.29, 0.717) is 19.0 Å². The number of halogens is 1. The number of hydrogen-bond donors (Lipinski definition) is 2. The molecule has 1 saturated heterocycles. The van der Waals surface area contributed by atoms with Crippen LogP contribution in [0.5, 0.6) is 0 Å². The molecule has 1 heterocycles. The van der Waals surface area contributed by atoms with Crippen LogP contribution in [-0.4, -0.2) is 93.4 Å². The Hall–Kier alpha value is -0.620. The van der Waals surface area contributed by atoms with Gasteiger partial charge in [0.05, 0.1) is 23.6 Å². The van der Waals surface area contributed by atoms with Crippen LogP contribution in [0.4, 0.5) is 0 Å². The maximum atomic E-state index is 12.2. The molecule has 28 heavy (non-hydrogen) atoms. The Balaban J connectivity index is 0.00000729.